The number of carboxylic acids is 1. The van der Waals surface area contributed by atoms with E-state index in [1.54, 1.807) is 0 Å². The number of carbonyl (C=O) groups excluding carboxylic acids is 1. The van der Waals surface area contributed by atoms with E-state index in [0.717, 1.165) is 12.1 Å². The predicted molar refractivity (Wildman–Crippen MR) is 67.2 cm³/mol. The van der Waals surface area contributed by atoms with Crippen molar-refractivity contribution in [2.24, 2.45) is 0 Å². The lowest BCUT2D eigenvalue weighted by molar-refractivity contribution is -0.121. The third-order valence-corrected chi connectivity index (χ3v) is 3.99. The molecule has 0 aromatic heterocycles. The van der Waals surface area contributed by atoms with Crippen molar-refractivity contribution in [3.8, 4) is 0 Å². The molecule has 0 saturated heterocycles. The van der Waals surface area contributed by atoms with E-state index in [1.807, 2.05) is 0 Å². The van der Waals surface area contributed by atoms with Crippen molar-refractivity contribution in [3.63, 3.8) is 0 Å². The van der Waals surface area contributed by atoms with E-state index in [1.165, 1.54) is 14.0 Å². The Kier molecular flexibility index (Phi) is 4.79. The van der Waals surface area contributed by atoms with E-state index >= 15 is 0 Å². The summed E-state index contributed by atoms with van der Waals surface area (Å²) in [5.41, 5.74) is -0.763. The quantitative estimate of drug-likeness (QED) is 0.705. The van der Waals surface area contributed by atoms with Crippen LogP contribution in [0.15, 0.2) is 23.1 Å². The molecule has 1 rings (SSSR count). The minimum Gasteiger partial charge on any atom is -0.478 e. The summed E-state index contributed by atoms with van der Waals surface area (Å²) >= 11 is 0. The van der Waals surface area contributed by atoms with Crippen LogP contribution in [-0.2, 0) is 14.8 Å². The Morgan fingerprint density at radius 3 is 2.45 bits per heavy atom. The minimum atomic E-state index is -4.13. The lowest BCUT2D eigenvalue weighted by Crippen LogP contribution is -2.43. The number of aromatic carboxylic acids is 1. The largest absolute Gasteiger partial charge is 0.478 e. The number of likely N-dealkylation sites (N-methyl/N-ethyl adjacent to an activating group) is 1. The minimum absolute atomic E-state index is 0.438. The Morgan fingerprint density at radius 2 is 1.95 bits per heavy atom. The zero-order valence-electron chi connectivity index (χ0n) is 10.7. The molecule has 0 fully saturated rings. The summed E-state index contributed by atoms with van der Waals surface area (Å²) in [6, 6.07) is 1.29. The lowest BCUT2D eigenvalue weighted by Gasteiger charge is -2.13. The first-order valence-corrected chi connectivity index (χ1v) is 6.94. The highest BCUT2D eigenvalue weighted by atomic mass is 32.2. The molecule has 0 aliphatic heterocycles. The normalized spacial score (nSPS) is 12.8. The van der Waals surface area contributed by atoms with Crippen LogP contribution < -0.4 is 10.0 Å². The maximum absolute atomic E-state index is 13.2. The van der Waals surface area contributed by atoms with Gasteiger partial charge in [0.1, 0.15) is 5.82 Å². The number of amides is 1. The fourth-order valence-electron chi connectivity index (χ4n) is 1.41. The first kappa shape index (κ1) is 16.1. The standard InChI is InChI=1S/C11H13FN2O5S/c1-6(10(15)13-2)14-20(18,19)7-3-4-9(12)8(5-7)11(16)17/h3-6,14H,1-2H3,(H,13,15)(H,16,17). The molecular weight excluding hydrogens is 291 g/mol. The number of benzene rings is 1. The molecule has 1 atom stereocenters. The molecule has 1 amide bonds. The van der Waals surface area contributed by atoms with Gasteiger partial charge in [0.2, 0.25) is 15.9 Å². The highest BCUT2D eigenvalue weighted by molar-refractivity contribution is 7.89. The fourth-order valence-corrected chi connectivity index (χ4v) is 2.63. The summed E-state index contributed by atoms with van der Waals surface area (Å²) in [4.78, 5) is 21.6. The van der Waals surface area contributed by atoms with Crippen molar-refractivity contribution in [1.82, 2.24) is 10.0 Å². The molecule has 1 aromatic carbocycles. The lowest BCUT2D eigenvalue weighted by atomic mass is 10.2. The van der Waals surface area contributed by atoms with Crippen LogP contribution in [0.4, 0.5) is 4.39 Å². The molecule has 0 radical (unpaired) electrons. The molecule has 0 saturated carbocycles. The van der Waals surface area contributed by atoms with E-state index in [2.05, 4.69) is 10.0 Å². The second-order valence-corrected chi connectivity index (χ2v) is 5.62. The SMILES string of the molecule is CNC(=O)C(C)NS(=O)(=O)c1ccc(F)c(C(=O)O)c1. The molecule has 110 valence electrons. The number of hydrogen-bond acceptors (Lipinski definition) is 4. The third-order valence-electron chi connectivity index (χ3n) is 2.45. The number of carbonyl (C=O) groups is 2. The van der Waals surface area contributed by atoms with E-state index in [9.17, 15) is 22.4 Å². The molecule has 1 unspecified atom stereocenters. The van der Waals surface area contributed by atoms with Crippen LogP contribution in [0.1, 0.15) is 17.3 Å². The summed E-state index contributed by atoms with van der Waals surface area (Å²) in [6.45, 7) is 1.32. The van der Waals surface area contributed by atoms with Gasteiger partial charge in [-0.3, -0.25) is 4.79 Å². The molecule has 3 N–H and O–H groups in total. The molecule has 20 heavy (non-hydrogen) atoms. The monoisotopic (exact) mass is 304 g/mol. The zero-order valence-corrected chi connectivity index (χ0v) is 11.5. The van der Waals surface area contributed by atoms with Crippen molar-refractivity contribution in [2.45, 2.75) is 17.9 Å². The van der Waals surface area contributed by atoms with Crippen molar-refractivity contribution < 1.29 is 27.5 Å². The molecule has 9 heteroatoms. The van der Waals surface area contributed by atoms with E-state index in [0.29, 0.717) is 6.07 Å². The molecule has 0 aliphatic carbocycles. The van der Waals surface area contributed by atoms with Crippen LogP contribution in [0, 0.1) is 5.82 Å². The number of hydrogen-bond donors (Lipinski definition) is 3. The Labute approximate surface area is 114 Å². The van der Waals surface area contributed by atoms with Gasteiger partial charge in [0, 0.05) is 7.05 Å². The van der Waals surface area contributed by atoms with Crippen molar-refractivity contribution in [1.29, 1.82) is 0 Å². The van der Waals surface area contributed by atoms with E-state index in [-0.39, 0.29) is 0 Å². The number of sulfonamides is 1. The van der Waals surface area contributed by atoms with Crippen molar-refractivity contribution in [3.05, 3.63) is 29.6 Å². The van der Waals surface area contributed by atoms with E-state index < -0.39 is 44.2 Å². The van der Waals surface area contributed by atoms with Crippen LogP contribution in [-0.4, -0.2) is 38.5 Å². The van der Waals surface area contributed by atoms with Gasteiger partial charge in [-0.25, -0.2) is 17.6 Å². The van der Waals surface area contributed by atoms with Gasteiger partial charge in [-0.2, -0.15) is 4.72 Å². The Morgan fingerprint density at radius 1 is 1.35 bits per heavy atom. The highest BCUT2D eigenvalue weighted by Crippen LogP contribution is 2.15. The molecule has 0 aliphatic rings. The Bertz CT molecular complexity index is 644. The first-order valence-electron chi connectivity index (χ1n) is 5.46. The molecular formula is C11H13FN2O5S. The predicted octanol–water partition coefficient (Wildman–Crippen LogP) is -0.0633. The third kappa shape index (κ3) is 3.52. The Balaban J connectivity index is 3.13. The average molecular weight is 304 g/mol. The maximum Gasteiger partial charge on any atom is 0.338 e. The Hall–Kier alpha value is -2.00. The topological polar surface area (TPSA) is 113 Å². The van der Waals surface area contributed by atoms with Crippen molar-refractivity contribution >= 4 is 21.9 Å². The first-order chi connectivity index (χ1) is 9.19. The summed E-state index contributed by atoms with van der Waals surface area (Å²) < 4.78 is 39.1. The van der Waals surface area contributed by atoms with Gasteiger partial charge in [0.15, 0.2) is 0 Å². The van der Waals surface area contributed by atoms with Gasteiger partial charge in [-0.1, -0.05) is 0 Å². The maximum atomic E-state index is 13.2. The summed E-state index contributed by atoms with van der Waals surface area (Å²) in [5, 5.41) is 11.0. The molecule has 1 aromatic rings. The fraction of sp³-hybridized carbons (Fsp3) is 0.273. The number of nitrogens with one attached hydrogen (secondary N) is 2. The van der Waals surface area contributed by atoms with Crippen LogP contribution in [0.25, 0.3) is 0 Å². The van der Waals surface area contributed by atoms with Crippen LogP contribution >= 0.6 is 0 Å². The highest BCUT2D eigenvalue weighted by Gasteiger charge is 2.23. The van der Waals surface area contributed by atoms with Gasteiger partial charge in [0.05, 0.1) is 16.5 Å². The van der Waals surface area contributed by atoms with Crippen LogP contribution in [0.3, 0.4) is 0 Å². The summed E-state index contributed by atoms with van der Waals surface area (Å²) in [5.74, 6) is -3.19. The van der Waals surface area contributed by atoms with Crippen LogP contribution in [0.5, 0.6) is 0 Å². The molecule has 0 spiro atoms. The summed E-state index contributed by atoms with van der Waals surface area (Å²) in [6.07, 6.45) is 0. The second kappa shape index (κ2) is 5.97. The van der Waals surface area contributed by atoms with Gasteiger partial charge in [-0.05, 0) is 25.1 Å². The van der Waals surface area contributed by atoms with Gasteiger partial charge < -0.3 is 10.4 Å². The van der Waals surface area contributed by atoms with Gasteiger partial charge >= 0.3 is 5.97 Å². The molecule has 0 bridgehead atoms. The second-order valence-electron chi connectivity index (χ2n) is 3.90. The smallest absolute Gasteiger partial charge is 0.338 e. The van der Waals surface area contributed by atoms with Gasteiger partial charge in [-0.15, -0.1) is 0 Å². The molecule has 7 nitrogen and oxygen atoms in total. The molecule has 0 heterocycles. The number of carboxylic acid groups (broad SMARTS) is 1. The van der Waals surface area contributed by atoms with Gasteiger partial charge in [0.25, 0.3) is 0 Å². The average Bonchev–Trinajstić information content (AvgIpc) is 2.36. The summed E-state index contributed by atoms with van der Waals surface area (Å²) in [7, 11) is -2.79. The zero-order chi connectivity index (χ0) is 15.5. The van der Waals surface area contributed by atoms with Crippen LogP contribution in [0.2, 0.25) is 0 Å². The van der Waals surface area contributed by atoms with E-state index in [4.69, 9.17) is 5.11 Å². The number of rotatable bonds is 5. The number of halogens is 1. The van der Waals surface area contributed by atoms with Crippen molar-refractivity contribution in [2.75, 3.05) is 7.05 Å².